The SMILES string of the molecule is COc1ccc(/C=C/C(=O)N2CCC3(O)CCCCC3[C@@H]2c2ccc(OC)cc2OC)cc1. The lowest BCUT2D eigenvalue weighted by molar-refractivity contribution is -0.151. The minimum atomic E-state index is -0.760. The molecule has 1 aliphatic carbocycles. The number of rotatable bonds is 6. The molecule has 6 nitrogen and oxygen atoms in total. The van der Waals surface area contributed by atoms with Gasteiger partial charge in [-0.2, -0.15) is 0 Å². The number of aliphatic hydroxyl groups is 1. The maximum atomic E-state index is 13.4. The molecule has 1 saturated heterocycles. The van der Waals surface area contributed by atoms with Crippen molar-refractivity contribution >= 4 is 12.0 Å². The Labute approximate surface area is 195 Å². The number of amides is 1. The summed E-state index contributed by atoms with van der Waals surface area (Å²) in [6.45, 7) is 0.499. The average Bonchev–Trinajstić information content (AvgIpc) is 2.86. The molecule has 2 aromatic carbocycles. The molecule has 33 heavy (non-hydrogen) atoms. The number of benzene rings is 2. The van der Waals surface area contributed by atoms with Crippen molar-refractivity contribution in [3.05, 3.63) is 59.7 Å². The van der Waals surface area contributed by atoms with Crippen LogP contribution in [0.1, 0.15) is 49.3 Å². The predicted octanol–water partition coefficient (Wildman–Crippen LogP) is 4.62. The standard InChI is InChI=1S/C27H33NO5/c1-31-20-10-7-19(8-11-20)9-14-25(29)28-17-16-27(30)15-5-4-6-23(27)26(28)22-13-12-21(32-2)18-24(22)33-3/h7-14,18,23,26,30H,4-6,15-17H2,1-3H3/b14-9+/t23?,26-,27?/m0/s1. The summed E-state index contributed by atoms with van der Waals surface area (Å²) in [5, 5.41) is 11.5. The van der Waals surface area contributed by atoms with Gasteiger partial charge in [0.05, 0.1) is 33.0 Å². The zero-order chi connectivity index (χ0) is 23.4. The summed E-state index contributed by atoms with van der Waals surface area (Å²) < 4.78 is 16.3. The number of nitrogens with zero attached hydrogens (tertiary/aromatic N) is 1. The Morgan fingerprint density at radius 2 is 1.73 bits per heavy atom. The van der Waals surface area contributed by atoms with Gasteiger partial charge in [0, 0.05) is 30.2 Å². The quantitative estimate of drug-likeness (QED) is 0.649. The maximum absolute atomic E-state index is 13.4. The molecule has 1 N–H and O–H groups in total. The van der Waals surface area contributed by atoms with Crippen molar-refractivity contribution in [3.63, 3.8) is 0 Å². The fourth-order valence-electron chi connectivity index (χ4n) is 5.35. The number of carbonyl (C=O) groups is 1. The topological polar surface area (TPSA) is 68.2 Å². The maximum Gasteiger partial charge on any atom is 0.247 e. The second-order valence-corrected chi connectivity index (χ2v) is 8.90. The number of methoxy groups -OCH3 is 3. The molecule has 6 heteroatoms. The molecule has 0 spiro atoms. The predicted molar refractivity (Wildman–Crippen MR) is 128 cm³/mol. The lowest BCUT2D eigenvalue weighted by atomic mass is 9.66. The zero-order valence-corrected chi connectivity index (χ0v) is 19.6. The van der Waals surface area contributed by atoms with Gasteiger partial charge in [0.2, 0.25) is 5.91 Å². The van der Waals surface area contributed by atoms with Crippen LogP contribution in [0, 0.1) is 5.92 Å². The molecule has 0 aromatic heterocycles. The number of likely N-dealkylation sites (tertiary alicyclic amines) is 1. The largest absolute Gasteiger partial charge is 0.497 e. The van der Waals surface area contributed by atoms with Crippen LogP contribution in [0.25, 0.3) is 6.08 Å². The highest BCUT2D eigenvalue weighted by Crippen LogP contribution is 2.51. The van der Waals surface area contributed by atoms with Gasteiger partial charge in [-0.25, -0.2) is 0 Å². The molecule has 2 aliphatic rings. The second kappa shape index (κ2) is 9.87. The van der Waals surface area contributed by atoms with Gasteiger partial charge >= 0.3 is 0 Å². The van der Waals surface area contributed by atoms with Crippen LogP contribution in [0.4, 0.5) is 0 Å². The average molecular weight is 452 g/mol. The Morgan fingerprint density at radius 1 is 1.00 bits per heavy atom. The highest BCUT2D eigenvalue weighted by atomic mass is 16.5. The molecule has 3 atom stereocenters. The molecule has 4 rings (SSSR count). The lowest BCUT2D eigenvalue weighted by Crippen LogP contribution is -2.56. The highest BCUT2D eigenvalue weighted by molar-refractivity contribution is 5.92. The zero-order valence-electron chi connectivity index (χ0n) is 19.6. The van der Waals surface area contributed by atoms with E-state index in [0.717, 1.165) is 42.6 Å². The van der Waals surface area contributed by atoms with Crippen molar-refractivity contribution in [1.29, 1.82) is 0 Å². The van der Waals surface area contributed by atoms with Crippen molar-refractivity contribution in [2.24, 2.45) is 5.92 Å². The third kappa shape index (κ3) is 4.71. The van der Waals surface area contributed by atoms with Gasteiger partial charge in [0.15, 0.2) is 0 Å². The summed E-state index contributed by atoms with van der Waals surface area (Å²) in [5.41, 5.74) is 1.08. The molecule has 1 saturated carbocycles. The summed E-state index contributed by atoms with van der Waals surface area (Å²) in [4.78, 5) is 15.3. The van der Waals surface area contributed by atoms with Crippen LogP contribution in [0.2, 0.25) is 0 Å². The van der Waals surface area contributed by atoms with E-state index in [2.05, 4.69) is 0 Å². The number of carbonyl (C=O) groups excluding carboxylic acids is 1. The lowest BCUT2D eigenvalue weighted by Gasteiger charge is -2.52. The van der Waals surface area contributed by atoms with Crippen molar-refractivity contribution in [1.82, 2.24) is 4.90 Å². The van der Waals surface area contributed by atoms with E-state index >= 15 is 0 Å². The second-order valence-electron chi connectivity index (χ2n) is 8.90. The minimum absolute atomic E-state index is 0.0411. The smallest absolute Gasteiger partial charge is 0.247 e. The van der Waals surface area contributed by atoms with Crippen molar-refractivity contribution in [3.8, 4) is 17.2 Å². The number of hydrogen-bond acceptors (Lipinski definition) is 5. The Kier molecular flexibility index (Phi) is 6.94. The van der Waals surface area contributed by atoms with Gasteiger partial charge in [0.1, 0.15) is 17.2 Å². The van der Waals surface area contributed by atoms with Crippen molar-refractivity contribution < 1.29 is 24.1 Å². The van der Waals surface area contributed by atoms with Gasteiger partial charge < -0.3 is 24.2 Å². The Bertz CT molecular complexity index is 1000. The summed E-state index contributed by atoms with van der Waals surface area (Å²) in [5.74, 6) is 2.04. The summed E-state index contributed by atoms with van der Waals surface area (Å²) in [6, 6.07) is 13.0. The first-order valence-corrected chi connectivity index (χ1v) is 11.6. The number of ether oxygens (including phenoxy) is 3. The number of hydrogen-bond donors (Lipinski definition) is 1. The van der Waals surface area contributed by atoms with Crippen molar-refractivity contribution in [2.45, 2.75) is 43.7 Å². The Hall–Kier alpha value is -2.99. The van der Waals surface area contributed by atoms with Crippen LogP contribution in [-0.2, 0) is 4.79 Å². The van der Waals surface area contributed by atoms with Crippen LogP contribution in [0.3, 0.4) is 0 Å². The molecule has 2 fully saturated rings. The van der Waals surface area contributed by atoms with Crippen LogP contribution >= 0.6 is 0 Å². The van der Waals surface area contributed by atoms with Crippen molar-refractivity contribution in [2.75, 3.05) is 27.9 Å². The Morgan fingerprint density at radius 3 is 2.42 bits per heavy atom. The van der Waals surface area contributed by atoms with Gasteiger partial charge in [-0.05, 0) is 55.2 Å². The van der Waals surface area contributed by atoms with Crippen LogP contribution in [0.5, 0.6) is 17.2 Å². The molecule has 176 valence electrons. The molecular weight excluding hydrogens is 418 g/mol. The fraction of sp³-hybridized carbons (Fsp3) is 0.444. The number of piperidine rings is 1. The van der Waals surface area contributed by atoms with E-state index < -0.39 is 5.60 Å². The summed E-state index contributed by atoms with van der Waals surface area (Å²) in [7, 11) is 4.88. The monoisotopic (exact) mass is 451 g/mol. The van der Waals surface area contributed by atoms with E-state index in [1.807, 2.05) is 53.4 Å². The van der Waals surface area contributed by atoms with Gasteiger partial charge in [-0.1, -0.05) is 25.0 Å². The first kappa shape index (κ1) is 23.2. The molecular formula is C27H33NO5. The third-order valence-electron chi connectivity index (χ3n) is 7.14. The van der Waals surface area contributed by atoms with E-state index in [9.17, 15) is 9.90 Å². The minimum Gasteiger partial charge on any atom is -0.497 e. The summed E-state index contributed by atoms with van der Waals surface area (Å²) >= 11 is 0. The highest BCUT2D eigenvalue weighted by Gasteiger charge is 2.50. The van der Waals surface area contributed by atoms with Gasteiger partial charge in [0.25, 0.3) is 0 Å². The van der Waals surface area contributed by atoms with E-state index in [-0.39, 0.29) is 17.9 Å². The number of fused-ring (bicyclic) bond motifs is 1. The molecule has 0 radical (unpaired) electrons. The van der Waals surface area contributed by atoms with Crippen LogP contribution < -0.4 is 14.2 Å². The van der Waals surface area contributed by atoms with Crippen LogP contribution in [0.15, 0.2) is 48.5 Å². The van der Waals surface area contributed by atoms with E-state index in [4.69, 9.17) is 14.2 Å². The van der Waals surface area contributed by atoms with Crippen LogP contribution in [-0.4, -0.2) is 49.4 Å². The first-order valence-electron chi connectivity index (χ1n) is 11.6. The molecule has 2 unspecified atom stereocenters. The normalized spacial score (nSPS) is 24.9. The first-order chi connectivity index (χ1) is 16.0. The molecule has 0 bridgehead atoms. The fourth-order valence-corrected chi connectivity index (χ4v) is 5.35. The van der Waals surface area contributed by atoms with E-state index in [0.29, 0.717) is 24.5 Å². The molecule has 2 aromatic rings. The summed E-state index contributed by atoms with van der Waals surface area (Å²) in [6.07, 6.45) is 7.76. The molecule has 1 heterocycles. The van der Waals surface area contributed by atoms with E-state index in [1.54, 1.807) is 27.4 Å². The molecule has 1 amide bonds. The van der Waals surface area contributed by atoms with Gasteiger partial charge in [-0.3, -0.25) is 4.79 Å². The third-order valence-corrected chi connectivity index (χ3v) is 7.14. The molecule has 1 aliphatic heterocycles. The van der Waals surface area contributed by atoms with Gasteiger partial charge in [-0.15, -0.1) is 0 Å². The Balaban J connectivity index is 1.68. The van der Waals surface area contributed by atoms with E-state index in [1.165, 1.54) is 0 Å².